The van der Waals surface area contributed by atoms with Crippen LogP contribution < -0.4 is 5.32 Å². The third-order valence-corrected chi connectivity index (χ3v) is 3.47. The zero-order valence-electron chi connectivity index (χ0n) is 12.7. The Morgan fingerprint density at radius 3 is 2.29 bits per heavy atom. The molecule has 1 aromatic rings. The average Bonchev–Trinajstić information content (AvgIpc) is 2.39. The molecule has 0 saturated heterocycles. The second kappa shape index (κ2) is 8.79. The molecule has 0 spiro atoms. The highest BCUT2D eigenvalue weighted by atomic mass is 79.9. The minimum atomic E-state index is -0.183. The van der Waals surface area contributed by atoms with Gasteiger partial charge >= 0.3 is 0 Å². The van der Waals surface area contributed by atoms with Crippen molar-refractivity contribution in [2.75, 3.05) is 39.0 Å². The Bertz CT molecular complexity index is 474. The van der Waals surface area contributed by atoms with E-state index in [1.54, 1.807) is 4.90 Å². The van der Waals surface area contributed by atoms with E-state index in [0.29, 0.717) is 6.54 Å². The van der Waals surface area contributed by atoms with Gasteiger partial charge in [-0.1, -0.05) is 15.9 Å². The van der Waals surface area contributed by atoms with Crippen LogP contribution in [0.4, 0.5) is 5.69 Å². The third-order valence-electron chi connectivity index (χ3n) is 2.94. The molecule has 0 saturated carbocycles. The zero-order valence-corrected chi connectivity index (χ0v) is 14.3. The first-order valence-electron chi connectivity index (χ1n) is 6.84. The van der Waals surface area contributed by atoms with Gasteiger partial charge in [0.05, 0.1) is 6.54 Å². The molecular formula is C15H22BrN3O2. The first-order chi connectivity index (χ1) is 9.88. The van der Waals surface area contributed by atoms with Gasteiger partial charge in [-0.25, -0.2) is 0 Å². The van der Waals surface area contributed by atoms with Crippen LogP contribution >= 0.6 is 15.9 Å². The maximum Gasteiger partial charge on any atom is 0.243 e. The molecule has 1 rings (SSSR count). The van der Waals surface area contributed by atoms with Gasteiger partial charge in [0.15, 0.2) is 0 Å². The van der Waals surface area contributed by atoms with Crippen LogP contribution in [0.3, 0.4) is 0 Å². The number of nitrogens with zero attached hydrogens (tertiary/aromatic N) is 2. The van der Waals surface area contributed by atoms with Crippen LogP contribution in [-0.4, -0.2) is 55.3 Å². The van der Waals surface area contributed by atoms with Crippen LogP contribution in [0.15, 0.2) is 28.7 Å². The topological polar surface area (TPSA) is 52.7 Å². The maximum absolute atomic E-state index is 12.0. The van der Waals surface area contributed by atoms with E-state index < -0.39 is 0 Å². The van der Waals surface area contributed by atoms with E-state index in [4.69, 9.17) is 0 Å². The summed E-state index contributed by atoms with van der Waals surface area (Å²) in [5, 5.41) is 2.79. The summed E-state index contributed by atoms with van der Waals surface area (Å²) in [6.45, 7) is 3.04. The highest BCUT2D eigenvalue weighted by Crippen LogP contribution is 2.14. The minimum absolute atomic E-state index is 0.0822. The Balaban J connectivity index is 2.48. The number of halogens is 1. The quantitative estimate of drug-likeness (QED) is 0.815. The molecular weight excluding hydrogens is 334 g/mol. The fraction of sp³-hybridized carbons (Fsp3) is 0.467. The van der Waals surface area contributed by atoms with Gasteiger partial charge in [-0.15, -0.1) is 0 Å². The molecule has 0 aromatic heterocycles. The Hall–Kier alpha value is -1.40. The summed E-state index contributed by atoms with van der Waals surface area (Å²) in [4.78, 5) is 27.2. The van der Waals surface area contributed by atoms with Crippen LogP contribution in [-0.2, 0) is 9.59 Å². The molecule has 21 heavy (non-hydrogen) atoms. The van der Waals surface area contributed by atoms with Crippen LogP contribution in [0.1, 0.15) is 13.3 Å². The molecule has 5 nitrogen and oxygen atoms in total. The normalized spacial score (nSPS) is 10.5. The SMILES string of the molecule is CC(=O)N(CCCN(C)C)CC(=O)Nc1ccc(Br)cc1. The molecule has 0 heterocycles. The van der Waals surface area contributed by atoms with Gasteiger partial charge in [-0.3, -0.25) is 9.59 Å². The van der Waals surface area contributed by atoms with Gasteiger partial charge < -0.3 is 15.1 Å². The lowest BCUT2D eigenvalue weighted by Gasteiger charge is -2.21. The number of anilines is 1. The predicted molar refractivity (Wildman–Crippen MR) is 88.2 cm³/mol. The molecule has 0 aliphatic rings. The second-order valence-electron chi connectivity index (χ2n) is 5.15. The summed E-state index contributed by atoms with van der Waals surface area (Å²) in [5.41, 5.74) is 0.722. The van der Waals surface area contributed by atoms with Crippen LogP contribution in [0.5, 0.6) is 0 Å². The molecule has 0 unspecified atom stereocenters. The lowest BCUT2D eigenvalue weighted by molar-refractivity contribution is -0.132. The second-order valence-corrected chi connectivity index (χ2v) is 6.07. The van der Waals surface area contributed by atoms with E-state index >= 15 is 0 Å². The van der Waals surface area contributed by atoms with Crippen molar-refractivity contribution in [2.45, 2.75) is 13.3 Å². The molecule has 0 bridgehead atoms. The van der Waals surface area contributed by atoms with Crippen molar-refractivity contribution in [3.63, 3.8) is 0 Å². The van der Waals surface area contributed by atoms with Gasteiger partial charge in [0.2, 0.25) is 11.8 Å². The third kappa shape index (κ3) is 7.24. The number of hydrogen-bond donors (Lipinski definition) is 1. The van der Waals surface area contributed by atoms with Crippen molar-refractivity contribution in [3.05, 3.63) is 28.7 Å². The van der Waals surface area contributed by atoms with Crippen molar-refractivity contribution >= 4 is 33.4 Å². The molecule has 1 aromatic carbocycles. The smallest absolute Gasteiger partial charge is 0.243 e. The molecule has 0 radical (unpaired) electrons. The summed E-state index contributed by atoms with van der Waals surface area (Å²) < 4.78 is 0.953. The summed E-state index contributed by atoms with van der Waals surface area (Å²) in [6.07, 6.45) is 0.845. The Labute approximate surface area is 134 Å². The molecule has 1 N–H and O–H groups in total. The number of benzene rings is 1. The largest absolute Gasteiger partial charge is 0.334 e. The van der Waals surface area contributed by atoms with E-state index in [1.165, 1.54) is 6.92 Å². The summed E-state index contributed by atoms with van der Waals surface area (Å²) >= 11 is 3.34. The van der Waals surface area contributed by atoms with Crippen LogP contribution in [0.2, 0.25) is 0 Å². The zero-order chi connectivity index (χ0) is 15.8. The highest BCUT2D eigenvalue weighted by Gasteiger charge is 2.13. The lowest BCUT2D eigenvalue weighted by Crippen LogP contribution is -2.38. The fourth-order valence-corrected chi connectivity index (χ4v) is 2.10. The van der Waals surface area contributed by atoms with Crippen molar-refractivity contribution in [1.82, 2.24) is 9.80 Å². The number of carbonyl (C=O) groups is 2. The summed E-state index contributed by atoms with van der Waals surface area (Å²) in [7, 11) is 3.97. The first kappa shape index (κ1) is 17.7. The van der Waals surface area contributed by atoms with Crippen LogP contribution in [0, 0.1) is 0 Å². The number of carbonyl (C=O) groups excluding carboxylic acids is 2. The van der Waals surface area contributed by atoms with E-state index in [1.807, 2.05) is 38.4 Å². The molecule has 2 amide bonds. The summed E-state index contributed by atoms with van der Waals surface area (Å²) in [5.74, 6) is -0.267. The van der Waals surface area contributed by atoms with Crippen molar-refractivity contribution in [2.24, 2.45) is 0 Å². The Morgan fingerprint density at radius 1 is 1.14 bits per heavy atom. The number of hydrogen-bond acceptors (Lipinski definition) is 3. The Morgan fingerprint density at radius 2 is 1.76 bits per heavy atom. The minimum Gasteiger partial charge on any atom is -0.334 e. The molecule has 0 atom stereocenters. The first-order valence-corrected chi connectivity index (χ1v) is 7.63. The van der Waals surface area contributed by atoms with Gasteiger partial charge in [0.25, 0.3) is 0 Å². The van der Waals surface area contributed by atoms with Crippen molar-refractivity contribution < 1.29 is 9.59 Å². The Kier molecular flexibility index (Phi) is 7.39. The molecule has 116 valence electrons. The lowest BCUT2D eigenvalue weighted by atomic mass is 10.3. The van der Waals surface area contributed by atoms with E-state index in [9.17, 15) is 9.59 Å². The number of rotatable bonds is 7. The predicted octanol–water partition coefficient (Wildman–Crippen LogP) is 2.19. The molecule has 0 fully saturated rings. The number of amides is 2. The monoisotopic (exact) mass is 355 g/mol. The van der Waals surface area contributed by atoms with Gasteiger partial charge in [0, 0.05) is 23.6 Å². The van der Waals surface area contributed by atoms with E-state index in [2.05, 4.69) is 26.1 Å². The fourth-order valence-electron chi connectivity index (χ4n) is 1.83. The van der Waals surface area contributed by atoms with Crippen LogP contribution in [0.25, 0.3) is 0 Å². The van der Waals surface area contributed by atoms with E-state index in [-0.39, 0.29) is 18.4 Å². The van der Waals surface area contributed by atoms with Gasteiger partial charge in [-0.05, 0) is 51.3 Å². The van der Waals surface area contributed by atoms with Crippen molar-refractivity contribution in [3.8, 4) is 0 Å². The number of nitrogens with one attached hydrogen (secondary N) is 1. The molecule has 6 heteroatoms. The van der Waals surface area contributed by atoms with Gasteiger partial charge in [0.1, 0.15) is 0 Å². The van der Waals surface area contributed by atoms with E-state index in [0.717, 1.165) is 23.1 Å². The van der Waals surface area contributed by atoms with Gasteiger partial charge in [-0.2, -0.15) is 0 Å². The summed E-state index contributed by atoms with van der Waals surface area (Å²) in [6, 6.07) is 7.34. The molecule has 0 aliphatic carbocycles. The van der Waals surface area contributed by atoms with Crippen molar-refractivity contribution in [1.29, 1.82) is 0 Å². The molecule has 0 aliphatic heterocycles. The maximum atomic E-state index is 12.0. The highest BCUT2D eigenvalue weighted by molar-refractivity contribution is 9.10. The average molecular weight is 356 g/mol. The standard InChI is InChI=1S/C15H22BrN3O2/c1-12(20)19(10-4-9-18(2)3)11-15(21)17-14-7-5-13(16)6-8-14/h5-8H,4,9-11H2,1-3H3,(H,17,21).